The zero-order valence-electron chi connectivity index (χ0n) is 12.9. The van der Waals surface area contributed by atoms with E-state index in [-0.39, 0.29) is 0 Å². The molecule has 0 saturated carbocycles. The van der Waals surface area contributed by atoms with Crippen LogP contribution in [0.2, 0.25) is 0 Å². The fourth-order valence-electron chi connectivity index (χ4n) is 2.15. The summed E-state index contributed by atoms with van der Waals surface area (Å²) in [5.41, 5.74) is 4.07. The average molecular weight is 336 g/mol. The molecule has 0 bridgehead atoms. The summed E-state index contributed by atoms with van der Waals surface area (Å²) in [4.78, 5) is 4.66. The van der Waals surface area contributed by atoms with Crippen LogP contribution in [0.15, 0.2) is 42.5 Å². The molecule has 122 valence electrons. The average Bonchev–Trinajstić information content (AvgIpc) is 2.54. The number of benzene rings is 2. The van der Waals surface area contributed by atoms with E-state index in [1.807, 2.05) is 37.4 Å². The Bertz CT molecular complexity index is 941. The van der Waals surface area contributed by atoms with Gasteiger partial charge in [0, 0.05) is 12.1 Å². The second-order valence-corrected chi connectivity index (χ2v) is 6.30. The SMILES string of the molecule is COc1cccc2c1nc1ccccc1[n+]2C.CS(=O)(=O)O[O-]. The van der Waals surface area contributed by atoms with Crippen LogP contribution in [-0.4, -0.2) is 26.8 Å². The van der Waals surface area contributed by atoms with Crippen LogP contribution in [-0.2, 0) is 21.5 Å². The van der Waals surface area contributed by atoms with Crippen LogP contribution in [0.5, 0.6) is 5.75 Å². The normalized spacial score (nSPS) is 11.1. The summed E-state index contributed by atoms with van der Waals surface area (Å²) in [6.07, 6.45) is 0.681. The van der Waals surface area contributed by atoms with Gasteiger partial charge in [0.15, 0.2) is 11.3 Å². The summed E-state index contributed by atoms with van der Waals surface area (Å²) in [5.74, 6) is 0.809. The van der Waals surface area contributed by atoms with Gasteiger partial charge in [-0.05, 0) is 12.1 Å². The third-order valence-electron chi connectivity index (χ3n) is 3.16. The monoisotopic (exact) mass is 336 g/mol. The zero-order valence-corrected chi connectivity index (χ0v) is 13.7. The number of fused-ring (bicyclic) bond motifs is 2. The van der Waals surface area contributed by atoms with Crippen molar-refractivity contribution in [1.29, 1.82) is 0 Å². The van der Waals surface area contributed by atoms with Crippen LogP contribution in [0, 0.1) is 0 Å². The van der Waals surface area contributed by atoms with Gasteiger partial charge in [0.2, 0.25) is 11.0 Å². The van der Waals surface area contributed by atoms with E-state index in [1.165, 1.54) is 0 Å². The van der Waals surface area contributed by atoms with Crippen molar-refractivity contribution in [2.45, 2.75) is 0 Å². The van der Waals surface area contributed by atoms with E-state index < -0.39 is 10.1 Å². The number of methoxy groups -OCH3 is 1. The van der Waals surface area contributed by atoms with Crippen molar-refractivity contribution in [1.82, 2.24) is 4.98 Å². The van der Waals surface area contributed by atoms with Crippen LogP contribution < -0.4 is 14.6 Å². The van der Waals surface area contributed by atoms with E-state index in [0.29, 0.717) is 6.26 Å². The van der Waals surface area contributed by atoms with E-state index in [2.05, 4.69) is 26.0 Å². The quantitative estimate of drug-likeness (QED) is 0.292. The van der Waals surface area contributed by atoms with Crippen LogP contribution in [0.4, 0.5) is 0 Å². The standard InChI is InChI=1S/C14H13N2O.CH4O4S/c1-16-11-7-4-3-6-10(11)15-14-12(16)8-5-9-13(14)17-2;1-6(3,4)5-2/h3-9H,1-2H3;2H,1H3/q+1;/p-1. The highest BCUT2D eigenvalue weighted by molar-refractivity contribution is 7.85. The Kier molecular flexibility index (Phi) is 5.09. The zero-order chi connectivity index (χ0) is 17.0. The number of hydrogen-bond donors (Lipinski definition) is 0. The van der Waals surface area contributed by atoms with Gasteiger partial charge in [0.25, 0.3) is 10.1 Å². The Morgan fingerprint density at radius 2 is 1.70 bits per heavy atom. The number of hydrogen-bond acceptors (Lipinski definition) is 6. The molecule has 0 aliphatic rings. The van der Waals surface area contributed by atoms with Crippen LogP contribution in [0.3, 0.4) is 0 Å². The summed E-state index contributed by atoms with van der Waals surface area (Å²) >= 11 is 0. The first-order valence-electron chi connectivity index (χ1n) is 6.60. The van der Waals surface area contributed by atoms with E-state index in [4.69, 9.17) is 9.99 Å². The summed E-state index contributed by atoms with van der Waals surface area (Å²) in [7, 11) is 0.00208. The highest BCUT2D eigenvalue weighted by atomic mass is 32.2. The van der Waals surface area contributed by atoms with Crippen molar-refractivity contribution in [3.05, 3.63) is 42.5 Å². The smallest absolute Gasteiger partial charge is 0.255 e. The molecular weight excluding hydrogens is 320 g/mol. The molecule has 0 fully saturated rings. The van der Waals surface area contributed by atoms with Gasteiger partial charge in [0.05, 0.1) is 13.4 Å². The van der Waals surface area contributed by atoms with Crippen molar-refractivity contribution in [2.24, 2.45) is 7.05 Å². The number of ether oxygens (including phenoxy) is 1. The van der Waals surface area contributed by atoms with Gasteiger partial charge in [-0.1, -0.05) is 18.2 Å². The van der Waals surface area contributed by atoms with Crippen molar-refractivity contribution >= 4 is 32.2 Å². The predicted molar refractivity (Wildman–Crippen MR) is 82.9 cm³/mol. The highest BCUT2D eigenvalue weighted by Gasteiger charge is 2.15. The number of nitrogens with zero attached hydrogens (tertiary/aromatic N) is 2. The second kappa shape index (κ2) is 6.86. The largest absolute Gasteiger partial charge is 0.707 e. The Morgan fingerprint density at radius 1 is 1.09 bits per heavy atom. The molecule has 0 radical (unpaired) electrons. The van der Waals surface area contributed by atoms with Crippen molar-refractivity contribution in [3.8, 4) is 5.75 Å². The molecule has 0 aliphatic carbocycles. The lowest BCUT2D eigenvalue weighted by molar-refractivity contribution is -0.634. The van der Waals surface area contributed by atoms with E-state index >= 15 is 0 Å². The molecule has 0 N–H and O–H groups in total. The first-order chi connectivity index (χ1) is 10.9. The molecule has 0 amide bonds. The van der Waals surface area contributed by atoms with Crippen molar-refractivity contribution in [3.63, 3.8) is 0 Å². The number of rotatable bonds is 2. The first-order valence-corrected chi connectivity index (χ1v) is 8.42. The third kappa shape index (κ3) is 3.92. The van der Waals surface area contributed by atoms with Gasteiger partial charge >= 0.3 is 0 Å². The molecular formula is C15H16N2O5S. The molecule has 23 heavy (non-hydrogen) atoms. The number of para-hydroxylation sites is 3. The van der Waals surface area contributed by atoms with Crippen LogP contribution in [0.1, 0.15) is 0 Å². The minimum Gasteiger partial charge on any atom is -0.707 e. The molecule has 1 aromatic heterocycles. The summed E-state index contributed by atoms with van der Waals surface area (Å²) in [6.45, 7) is 0. The maximum atomic E-state index is 9.47. The molecule has 3 aromatic rings. The highest BCUT2D eigenvalue weighted by Crippen LogP contribution is 2.22. The minimum absolute atomic E-state index is 0.681. The Labute approximate surface area is 133 Å². The van der Waals surface area contributed by atoms with Gasteiger partial charge in [-0.2, -0.15) is 4.57 Å². The molecule has 3 rings (SSSR count). The molecule has 0 unspecified atom stereocenters. The van der Waals surface area contributed by atoms with E-state index in [1.54, 1.807) is 7.11 Å². The van der Waals surface area contributed by atoms with Gasteiger partial charge in [-0.3, -0.25) is 0 Å². The second-order valence-electron chi connectivity index (χ2n) is 4.76. The van der Waals surface area contributed by atoms with Gasteiger partial charge in [-0.25, -0.2) is 13.4 Å². The van der Waals surface area contributed by atoms with E-state index in [0.717, 1.165) is 27.8 Å². The summed E-state index contributed by atoms with van der Waals surface area (Å²) in [5, 5.41) is 8.86. The van der Waals surface area contributed by atoms with Crippen molar-refractivity contribution < 1.29 is 27.3 Å². The number of aryl methyl sites for hydroxylation is 1. The fraction of sp³-hybridized carbons (Fsp3) is 0.200. The molecule has 0 aliphatic heterocycles. The lowest BCUT2D eigenvalue weighted by Crippen LogP contribution is -2.30. The maximum Gasteiger partial charge on any atom is 0.255 e. The van der Waals surface area contributed by atoms with Gasteiger partial charge in [0.1, 0.15) is 12.6 Å². The van der Waals surface area contributed by atoms with E-state index in [9.17, 15) is 8.42 Å². The Balaban J connectivity index is 0.000000277. The van der Waals surface area contributed by atoms with Crippen LogP contribution >= 0.6 is 0 Å². The topological polar surface area (TPSA) is 92.4 Å². The molecule has 1 heterocycles. The summed E-state index contributed by atoms with van der Waals surface area (Å²) in [6, 6.07) is 14.1. The van der Waals surface area contributed by atoms with Crippen LogP contribution in [0.25, 0.3) is 22.1 Å². The molecule has 8 heteroatoms. The summed E-state index contributed by atoms with van der Waals surface area (Å²) < 4.78 is 29.1. The first kappa shape index (κ1) is 17.1. The molecule has 2 aromatic carbocycles. The minimum atomic E-state index is -3.72. The molecule has 0 atom stereocenters. The molecule has 0 spiro atoms. The predicted octanol–water partition coefficient (Wildman–Crippen LogP) is 0.459. The lowest BCUT2D eigenvalue weighted by Gasteiger charge is -2.04. The number of aromatic nitrogens is 2. The lowest BCUT2D eigenvalue weighted by atomic mass is 10.2. The maximum absolute atomic E-state index is 9.47. The van der Waals surface area contributed by atoms with Gasteiger partial charge in [-0.15, -0.1) is 0 Å². The molecule has 0 saturated heterocycles. The Hall–Kier alpha value is -2.29. The molecule has 7 nitrogen and oxygen atoms in total. The fourth-order valence-corrected chi connectivity index (χ4v) is 2.15. The van der Waals surface area contributed by atoms with Gasteiger partial charge < -0.3 is 14.3 Å². The third-order valence-corrected chi connectivity index (χ3v) is 3.41. The van der Waals surface area contributed by atoms with Crippen molar-refractivity contribution in [2.75, 3.05) is 13.4 Å². The Morgan fingerprint density at radius 3 is 2.30 bits per heavy atom.